The predicted octanol–water partition coefficient (Wildman–Crippen LogP) is 6.93. The van der Waals surface area contributed by atoms with E-state index in [9.17, 15) is 19.1 Å². The number of esters is 3. The van der Waals surface area contributed by atoms with Crippen LogP contribution in [0.3, 0.4) is 0 Å². The number of fused-ring (bicyclic) bond motifs is 6. The fourth-order valence-electron chi connectivity index (χ4n) is 14.3. The van der Waals surface area contributed by atoms with Gasteiger partial charge in [0.1, 0.15) is 17.0 Å². The molecule has 67 heavy (non-hydrogen) atoms. The van der Waals surface area contributed by atoms with Gasteiger partial charge in [-0.1, -0.05) is 37.3 Å². The number of aliphatic hydroxyl groups is 1. The third-order valence-corrected chi connectivity index (χ3v) is 16.8. The third kappa shape index (κ3) is 6.32. The monoisotopic (exact) mass is 924 g/mol. The molecule has 356 valence electrons. The van der Waals surface area contributed by atoms with Gasteiger partial charge >= 0.3 is 17.9 Å². The Bertz CT molecular complexity index is 2700. The summed E-state index contributed by atoms with van der Waals surface area (Å²) in [6.07, 6.45) is 4.21. The Hall–Kier alpha value is -5.38. The maximum atomic E-state index is 15.6. The summed E-state index contributed by atoms with van der Waals surface area (Å²) in [7, 11) is 5.89. The number of hydrogen-bond acceptors (Lipinski definition) is 11. The number of anilines is 1. The minimum absolute atomic E-state index is 0.0899. The first-order valence-electron chi connectivity index (χ1n) is 23.4. The van der Waals surface area contributed by atoms with E-state index >= 15 is 13.6 Å². The number of likely N-dealkylation sites (N-methyl/N-ethyl adjacent to an activating group) is 1. The van der Waals surface area contributed by atoms with E-state index in [1.54, 1.807) is 12.1 Å². The molecule has 15 heteroatoms. The first-order valence-corrected chi connectivity index (χ1v) is 23.4. The van der Waals surface area contributed by atoms with E-state index in [2.05, 4.69) is 14.8 Å². The lowest BCUT2D eigenvalue weighted by molar-refractivity contribution is -0.228. The Balaban J connectivity index is 1.27. The van der Waals surface area contributed by atoms with E-state index < -0.39 is 75.7 Å². The Labute approximate surface area is 388 Å². The van der Waals surface area contributed by atoms with Crippen molar-refractivity contribution in [2.75, 3.05) is 66.0 Å². The number of nitrogens with zero attached hydrogens (tertiary/aromatic N) is 3. The number of aromatic amines is 1. The molecule has 1 saturated carbocycles. The van der Waals surface area contributed by atoms with Crippen molar-refractivity contribution in [2.24, 2.45) is 17.3 Å². The molecule has 10 atom stereocenters. The zero-order chi connectivity index (χ0) is 47.6. The summed E-state index contributed by atoms with van der Waals surface area (Å²) in [5, 5.41) is 14.2. The molecule has 6 heterocycles. The van der Waals surface area contributed by atoms with Gasteiger partial charge < -0.3 is 38.8 Å². The van der Waals surface area contributed by atoms with Gasteiger partial charge in [0, 0.05) is 96.9 Å². The van der Waals surface area contributed by atoms with E-state index in [1.165, 1.54) is 40.4 Å². The molecule has 1 aromatic heterocycles. The molecule has 5 aliphatic heterocycles. The van der Waals surface area contributed by atoms with E-state index in [-0.39, 0.29) is 25.2 Å². The van der Waals surface area contributed by atoms with Crippen LogP contribution in [0.1, 0.15) is 68.8 Å². The molecule has 6 aliphatic rings. The summed E-state index contributed by atoms with van der Waals surface area (Å²) in [6, 6.07) is 14.6. The molecule has 1 aliphatic carbocycles. The quantitative estimate of drug-likeness (QED) is 0.108. The molecule has 12 nitrogen and oxygen atoms in total. The second-order valence-corrected chi connectivity index (χ2v) is 20.1. The van der Waals surface area contributed by atoms with E-state index in [0.717, 1.165) is 40.1 Å². The Morgan fingerprint density at radius 3 is 2.34 bits per heavy atom. The van der Waals surface area contributed by atoms with Crippen LogP contribution < -0.4 is 9.64 Å². The smallest absolute Gasteiger partial charge is 0.344 e. The lowest BCUT2D eigenvalue weighted by Gasteiger charge is -2.63. The summed E-state index contributed by atoms with van der Waals surface area (Å²) in [4.78, 5) is 53.2. The maximum absolute atomic E-state index is 15.6. The van der Waals surface area contributed by atoms with Gasteiger partial charge in [-0.25, -0.2) is 18.0 Å². The van der Waals surface area contributed by atoms with Crippen molar-refractivity contribution in [2.45, 2.75) is 93.4 Å². The molecule has 1 unspecified atom stereocenters. The van der Waals surface area contributed by atoms with Crippen molar-refractivity contribution >= 4 is 34.5 Å². The van der Waals surface area contributed by atoms with E-state index in [4.69, 9.17) is 18.9 Å². The lowest BCUT2D eigenvalue weighted by atomic mass is 9.47. The Kier molecular flexibility index (Phi) is 10.7. The largest absolute Gasteiger partial charge is 0.496 e. The number of nitrogens with one attached hydrogen (secondary N) is 1. The molecule has 2 saturated heterocycles. The molecule has 0 radical (unpaired) electrons. The number of hydrogen-bond donors (Lipinski definition) is 2. The number of halogens is 3. The molecule has 3 fully saturated rings. The van der Waals surface area contributed by atoms with Crippen molar-refractivity contribution in [3.63, 3.8) is 0 Å². The number of alkyl halides is 2. The highest BCUT2D eigenvalue weighted by molar-refractivity contribution is 5.96. The number of methoxy groups -OCH3 is 3. The SMILES string of the molecule is CC[C@]12C=CCN3CC[C@@]4(c5cc([C@@]6(C(=O)OC)C[C@H]7C[C@@H](C(C)(F)F)CN(CCc8c6[nH]c6ccc(-c9ccc(F)cc9)cc86)C7)c(OC)cc5N(C)[C@H]4[C@@](O)(C(=O)OC)[C@@H]1OC(C)=O)[C@@H]32. The third-order valence-electron chi connectivity index (χ3n) is 16.8. The zero-order valence-corrected chi connectivity index (χ0v) is 39.1. The fourth-order valence-corrected chi connectivity index (χ4v) is 14.3. The van der Waals surface area contributed by atoms with Gasteiger partial charge in [0.15, 0.2) is 6.10 Å². The van der Waals surface area contributed by atoms with Crippen molar-refractivity contribution in [1.29, 1.82) is 0 Å². The number of benzene rings is 3. The van der Waals surface area contributed by atoms with Gasteiger partial charge in [-0.15, -0.1) is 0 Å². The molecular weight excluding hydrogens is 866 g/mol. The van der Waals surface area contributed by atoms with Crippen LogP contribution in [0.15, 0.2) is 66.7 Å². The second kappa shape index (κ2) is 15.8. The van der Waals surface area contributed by atoms with Gasteiger partial charge in [0.2, 0.25) is 11.5 Å². The normalized spacial score (nSPS) is 33.1. The first kappa shape index (κ1) is 45.4. The van der Waals surface area contributed by atoms with Gasteiger partial charge in [-0.05, 0) is 104 Å². The highest BCUT2D eigenvalue weighted by Gasteiger charge is 2.80. The van der Waals surface area contributed by atoms with E-state index in [1.807, 2.05) is 61.4 Å². The molecule has 4 aromatic rings. The number of carbonyl (C=O) groups excluding carboxylic acids is 3. The number of ether oxygens (including phenoxy) is 4. The molecule has 0 amide bonds. The van der Waals surface area contributed by atoms with Crippen molar-refractivity contribution in [3.05, 3.63) is 95.0 Å². The van der Waals surface area contributed by atoms with Crippen molar-refractivity contribution in [3.8, 4) is 16.9 Å². The summed E-state index contributed by atoms with van der Waals surface area (Å²) in [5.74, 6) is -6.57. The topological polar surface area (TPSA) is 134 Å². The van der Waals surface area contributed by atoms with E-state index in [0.29, 0.717) is 68.1 Å². The molecule has 2 bridgehead atoms. The number of rotatable bonds is 8. The van der Waals surface area contributed by atoms with Gasteiger partial charge in [-0.3, -0.25) is 14.5 Å². The highest BCUT2D eigenvalue weighted by atomic mass is 19.3. The Morgan fingerprint density at radius 2 is 1.67 bits per heavy atom. The number of piperidine rings is 1. The molecule has 10 rings (SSSR count). The Morgan fingerprint density at radius 1 is 0.940 bits per heavy atom. The summed E-state index contributed by atoms with van der Waals surface area (Å²) in [5.41, 5.74) is -0.493. The first-order chi connectivity index (χ1) is 31.9. The van der Waals surface area contributed by atoms with Crippen LogP contribution in [-0.2, 0) is 45.8 Å². The maximum Gasteiger partial charge on any atom is 0.344 e. The summed E-state index contributed by atoms with van der Waals surface area (Å²) < 4.78 is 69.2. The van der Waals surface area contributed by atoms with Crippen LogP contribution in [0.2, 0.25) is 0 Å². The van der Waals surface area contributed by atoms with Crippen LogP contribution in [0.4, 0.5) is 18.9 Å². The molecule has 3 aromatic carbocycles. The van der Waals surface area contributed by atoms with Crippen LogP contribution in [-0.4, -0.2) is 129 Å². The number of H-pyrrole nitrogens is 1. The van der Waals surface area contributed by atoms with Crippen molar-refractivity contribution < 1.29 is 51.6 Å². The number of carbonyl (C=O) groups is 3. The van der Waals surface area contributed by atoms with Crippen LogP contribution >= 0.6 is 0 Å². The fraction of sp³-hybridized carbons (Fsp3) is 0.519. The average Bonchev–Trinajstić information content (AvgIpc) is 3.97. The highest BCUT2D eigenvalue weighted by Crippen LogP contribution is 2.68. The summed E-state index contributed by atoms with van der Waals surface area (Å²) in [6.45, 7) is 6.51. The van der Waals surface area contributed by atoms with Gasteiger partial charge in [-0.2, -0.15) is 0 Å². The van der Waals surface area contributed by atoms with Gasteiger partial charge in [0.25, 0.3) is 0 Å². The van der Waals surface area contributed by atoms with Gasteiger partial charge in [0.05, 0.1) is 27.4 Å². The zero-order valence-electron chi connectivity index (χ0n) is 39.1. The number of aromatic nitrogens is 1. The average molecular weight is 925 g/mol. The minimum atomic E-state index is -2.98. The molecule has 1 spiro atoms. The lowest BCUT2D eigenvalue weighted by Crippen LogP contribution is -2.81. The van der Waals surface area contributed by atoms with Crippen molar-refractivity contribution in [1.82, 2.24) is 14.8 Å². The predicted molar refractivity (Wildman–Crippen MR) is 245 cm³/mol. The molecular formula is C52H59F3N4O8. The minimum Gasteiger partial charge on any atom is -0.496 e. The van der Waals surface area contributed by atoms with Crippen LogP contribution in [0, 0.1) is 23.1 Å². The van der Waals surface area contributed by atoms with Crippen LogP contribution in [0.5, 0.6) is 5.75 Å². The van der Waals surface area contributed by atoms with Crippen LogP contribution in [0.25, 0.3) is 22.0 Å². The summed E-state index contributed by atoms with van der Waals surface area (Å²) >= 11 is 0. The molecule has 2 N–H and O–H groups in total. The standard InChI is InChI=1S/C52H59F3N4O8/c1-8-49-17-9-19-59-21-18-50(43(49)59)37-24-38(41(64-5)25-40(37)57(4)44(50)52(63,47(62)66-7)45(49)67-29(2)60)51(46(61)65-6)26-30-22-33(48(3,54)55)28-58(27-30)20-16-35-36-23-32(12-15-39(36)56-42(35)51)31-10-13-34(53)14-11-31/h9-15,17,23-25,30,33,43-45,56,63H,8,16,18-22,26-28H2,1-7H3/t30-,33-,43+,44-,45-,49-,50-,51+,52+/m1/s1. The second-order valence-electron chi connectivity index (χ2n) is 20.1.